The van der Waals surface area contributed by atoms with Gasteiger partial charge in [0.25, 0.3) is 0 Å². The molecule has 0 bridgehead atoms. The fourth-order valence-electron chi connectivity index (χ4n) is 1.85. The molecule has 0 atom stereocenters. The molecule has 0 heterocycles. The molecule has 0 unspecified atom stereocenters. The van der Waals surface area contributed by atoms with Gasteiger partial charge in [-0.05, 0) is 36.0 Å². The van der Waals surface area contributed by atoms with Crippen LogP contribution in [0.4, 0.5) is 4.39 Å². The number of halogens is 1. The summed E-state index contributed by atoms with van der Waals surface area (Å²) in [6.07, 6.45) is 3.31. The van der Waals surface area contributed by atoms with Crippen molar-refractivity contribution >= 4 is 6.08 Å². The fraction of sp³-hybridized carbons (Fsp3) is 0.462. The number of benzene rings is 1. The molecule has 1 rings (SSSR count). The van der Waals surface area contributed by atoms with E-state index in [4.69, 9.17) is 0 Å². The zero-order valence-corrected chi connectivity index (χ0v) is 9.66. The summed E-state index contributed by atoms with van der Waals surface area (Å²) in [5, 5.41) is 0. The van der Waals surface area contributed by atoms with Gasteiger partial charge in [0.05, 0.1) is 6.54 Å². The van der Waals surface area contributed by atoms with Crippen LogP contribution >= 0.6 is 0 Å². The zero-order valence-electron chi connectivity index (χ0n) is 9.66. The minimum atomic E-state index is -0.202. The van der Waals surface area contributed by atoms with Gasteiger partial charge in [-0.1, -0.05) is 26.0 Å². The molecule has 1 aromatic rings. The van der Waals surface area contributed by atoms with Gasteiger partial charge in [0.1, 0.15) is 5.82 Å². The number of aliphatic imine (C=N–C) groups is 1. The first-order valence-corrected chi connectivity index (χ1v) is 5.54. The molecule has 3 heteroatoms. The van der Waals surface area contributed by atoms with E-state index in [1.165, 1.54) is 12.1 Å². The summed E-state index contributed by atoms with van der Waals surface area (Å²) in [6.45, 7) is 4.31. The van der Waals surface area contributed by atoms with E-state index in [1.54, 1.807) is 6.07 Å². The highest BCUT2D eigenvalue weighted by Crippen LogP contribution is 2.26. The number of rotatable bonds is 5. The predicted octanol–water partition coefficient (Wildman–Crippen LogP) is 3.57. The van der Waals surface area contributed by atoms with E-state index in [9.17, 15) is 9.18 Å². The third-order valence-electron chi connectivity index (χ3n) is 2.82. The van der Waals surface area contributed by atoms with Crippen LogP contribution < -0.4 is 0 Å². The molecule has 0 spiro atoms. The molecule has 0 saturated carbocycles. The molecule has 86 valence electrons. The van der Waals surface area contributed by atoms with Crippen LogP contribution in [0, 0.1) is 5.82 Å². The highest BCUT2D eigenvalue weighted by molar-refractivity contribution is 5.34. The maximum absolute atomic E-state index is 13.8. The van der Waals surface area contributed by atoms with Crippen LogP contribution in [0.15, 0.2) is 23.2 Å². The van der Waals surface area contributed by atoms with Crippen molar-refractivity contribution in [3.63, 3.8) is 0 Å². The Morgan fingerprint density at radius 3 is 2.56 bits per heavy atom. The van der Waals surface area contributed by atoms with Crippen molar-refractivity contribution in [1.29, 1.82) is 0 Å². The van der Waals surface area contributed by atoms with Crippen LogP contribution in [0.25, 0.3) is 0 Å². The van der Waals surface area contributed by atoms with E-state index < -0.39 is 0 Å². The van der Waals surface area contributed by atoms with E-state index >= 15 is 0 Å². The average Bonchev–Trinajstić information content (AvgIpc) is 2.30. The van der Waals surface area contributed by atoms with Crippen LogP contribution in [-0.2, 0) is 11.3 Å². The van der Waals surface area contributed by atoms with Gasteiger partial charge in [0, 0.05) is 0 Å². The van der Waals surface area contributed by atoms with Crippen molar-refractivity contribution < 1.29 is 9.18 Å². The zero-order chi connectivity index (χ0) is 12.0. The first kappa shape index (κ1) is 12.6. The lowest BCUT2D eigenvalue weighted by Gasteiger charge is -2.14. The van der Waals surface area contributed by atoms with Crippen LogP contribution in [0.2, 0.25) is 0 Å². The minimum Gasteiger partial charge on any atom is -0.211 e. The second-order valence-electron chi connectivity index (χ2n) is 3.78. The van der Waals surface area contributed by atoms with E-state index in [1.807, 2.05) is 6.07 Å². The summed E-state index contributed by atoms with van der Waals surface area (Å²) in [5.41, 5.74) is 1.46. The van der Waals surface area contributed by atoms with Crippen LogP contribution in [0.1, 0.15) is 43.7 Å². The molecule has 0 amide bonds. The molecule has 0 N–H and O–H groups in total. The van der Waals surface area contributed by atoms with Crippen LogP contribution in [0.5, 0.6) is 0 Å². The van der Waals surface area contributed by atoms with Crippen LogP contribution in [0.3, 0.4) is 0 Å². The Kier molecular flexibility index (Phi) is 4.87. The topological polar surface area (TPSA) is 29.4 Å². The molecule has 0 aromatic heterocycles. The van der Waals surface area contributed by atoms with Gasteiger partial charge in [0.15, 0.2) is 0 Å². The third kappa shape index (κ3) is 3.01. The Morgan fingerprint density at radius 1 is 1.38 bits per heavy atom. The normalized spacial score (nSPS) is 10.2. The van der Waals surface area contributed by atoms with Crippen molar-refractivity contribution in [2.75, 3.05) is 0 Å². The van der Waals surface area contributed by atoms with Crippen molar-refractivity contribution in [2.24, 2.45) is 4.99 Å². The molecule has 2 nitrogen and oxygen atoms in total. The Labute approximate surface area is 95.2 Å². The molecule has 0 aliphatic heterocycles. The molecule has 0 aliphatic rings. The molecule has 0 saturated heterocycles. The van der Waals surface area contributed by atoms with Gasteiger partial charge < -0.3 is 0 Å². The quantitative estimate of drug-likeness (QED) is 0.552. The van der Waals surface area contributed by atoms with E-state index in [0.717, 1.165) is 18.4 Å². The summed E-state index contributed by atoms with van der Waals surface area (Å²) >= 11 is 0. The van der Waals surface area contributed by atoms with Gasteiger partial charge in [-0.2, -0.15) is 0 Å². The van der Waals surface area contributed by atoms with Crippen molar-refractivity contribution in [3.8, 4) is 0 Å². The lowest BCUT2D eigenvalue weighted by Crippen LogP contribution is -2.00. The summed E-state index contributed by atoms with van der Waals surface area (Å²) in [6, 6.07) is 5.06. The first-order chi connectivity index (χ1) is 7.72. The van der Waals surface area contributed by atoms with Crippen molar-refractivity contribution in [1.82, 2.24) is 0 Å². The van der Waals surface area contributed by atoms with Crippen LogP contribution in [-0.4, -0.2) is 6.08 Å². The SMILES string of the molecule is CCC(CC)c1ccc(CN=C=O)cc1F. The summed E-state index contributed by atoms with van der Waals surface area (Å²) in [7, 11) is 0. The maximum Gasteiger partial charge on any atom is 0.235 e. The molecule has 1 aromatic carbocycles. The number of isocyanates is 1. The van der Waals surface area contributed by atoms with E-state index in [-0.39, 0.29) is 18.3 Å². The fourth-order valence-corrected chi connectivity index (χ4v) is 1.85. The van der Waals surface area contributed by atoms with Crippen molar-refractivity contribution in [3.05, 3.63) is 35.1 Å². The number of hydrogen-bond acceptors (Lipinski definition) is 2. The first-order valence-electron chi connectivity index (χ1n) is 5.54. The third-order valence-corrected chi connectivity index (χ3v) is 2.82. The predicted molar refractivity (Wildman–Crippen MR) is 61.5 cm³/mol. The lowest BCUT2D eigenvalue weighted by molar-refractivity contribution is 0.555. The van der Waals surface area contributed by atoms with Gasteiger partial charge >= 0.3 is 0 Å². The molecule has 0 radical (unpaired) electrons. The number of carbonyl (C=O) groups excluding carboxylic acids is 1. The maximum atomic E-state index is 13.8. The van der Waals surface area contributed by atoms with Crippen molar-refractivity contribution in [2.45, 2.75) is 39.2 Å². The molecular weight excluding hydrogens is 205 g/mol. The van der Waals surface area contributed by atoms with E-state index in [0.29, 0.717) is 5.56 Å². The largest absolute Gasteiger partial charge is 0.235 e. The summed E-state index contributed by atoms with van der Waals surface area (Å²) in [4.78, 5) is 13.4. The second kappa shape index (κ2) is 6.19. The molecular formula is C13H16FNO. The summed E-state index contributed by atoms with van der Waals surface area (Å²) < 4.78 is 13.8. The average molecular weight is 221 g/mol. The number of hydrogen-bond donors (Lipinski definition) is 0. The second-order valence-corrected chi connectivity index (χ2v) is 3.78. The van der Waals surface area contributed by atoms with Gasteiger partial charge in [-0.3, -0.25) is 0 Å². The Morgan fingerprint density at radius 2 is 2.06 bits per heavy atom. The minimum absolute atomic E-state index is 0.198. The van der Waals surface area contributed by atoms with Gasteiger partial charge in [-0.25, -0.2) is 14.2 Å². The monoisotopic (exact) mass is 221 g/mol. The Balaban J connectivity index is 2.94. The smallest absolute Gasteiger partial charge is 0.211 e. The molecule has 16 heavy (non-hydrogen) atoms. The van der Waals surface area contributed by atoms with Gasteiger partial charge in [0.2, 0.25) is 6.08 Å². The molecule has 0 aliphatic carbocycles. The number of nitrogens with zero attached hydrogens (tertiary/aromatic N) is 1. The highest BCUT2D eigenvalue weighted by Gasteiger charge is 2.12. The highest BCUT2D eigenvalue weighted by atomic mass is 19.1. The summed E-state index contributed by atoms with van der Waals surface area (Å²) in [5.74, 6) is 0.0657. The Bertz CT molecular complexity index is 393. The standard InChI is InChI=1S/C13H16FNO/c1-3-11(4-2)12-6-5-10(7-13(12)14)8-15-9-16/h5-7,11H,3-4,8H2,1-2H3. The molecule has 0 fully saturated rings. The Hall–Kier alpha value is -1.47. The lowest BCUT2D eigenvalue weighted by atomic mass is 9.93. The van der Waals surface area contributed by atoms with Gasteiger partial charge in [-0.15, -0.1) is 0 Å². The van der Waals surface area contributed by atoms with E-state index in [2.05, 4.69) is 18.8 Å².